The van der Waals surface area contributed by atoms with Gasteiger partial charge in [-0.25, -0.2) is 0 Å². The number of aryl methyl sites for hydroxylation is 2. The minimum Gasteiger partial charge on any atom is -0.312 e. The standard InChI is InChI=1S/C17H23N3OS/c1-12-4-5-14(13(2)10-12)16-15(22-17(21)18-16)11-20-8-6-19(3)7-9-20/h4-5,10H,6-9,11H2,1-3H3,(H,18,21). The Kier molecular flexibility index (Phi) is 4.47. The zero-order valence-corrected chi connectivity index (χ0v) is 14.3. The van der Waals surface area contributed by atoms with E-state index in [2.05, 4.69) is 53.9 Å². The molecule has 22 heavy (non-hydrogen) atoms. The molecule has 5 heteroatoms. The molecule has 118 valence electrons. The Labute approximate surface area is 135 Å². The van der Waals surface area contributed by atoms with Crippen LogP contribution < -0.4 is 4.87 Å². The largest absolute Gasteiger partial charge is 0.312 e. The number of aromatic nitrogens is 1. The van der Waals surface area contributed by atoms with E-state index in [1.165, 1.54) is 22.5 Å². The highest BCUT2D eigenvalue weighted by molar-refractivity contribution is 7.09. The van der Waals surface area contributed by atoms with Gasteiger partial charge < -0.3 is 9.88 Å². The number of rotatable bonds is 3. The van der Waals surface area contributed by atoms with E-state index >= 15 is 0 Å². The number of benzene rings is 1. The number of nitrogens with one attached hydrogen (secondary N) is 1. The van der Waals surface area contributed by atoms with Crippen molar-refractivity contribution >= 4 is 11.3 Å². The molecule has 0 aliphatic carbocycles. The lowest BCUT2D eigenvalue weighted by atomic mass is 10.0. The van der Waals surface area contributed by atoms with Crippen LogP contribution >= 0.6 is 11.3 Å². The molecule has 0 spiro atoms. The summed E-state index contributed by atoms with van der Waals surface area (Å²) in [5.74, 6) is 0. The van der Waals surface area contributed by atoms with Crippen molar-refractivity contribution in [1.29, 1.82) is 0 Å². The molecule has 1 aliphatic rings. The van der Waals surface area contributed by atoms with Gasteiger partial charge in [0.15, 0.2) is 0 Å². The number of hydrogen-bond donors (Lipinski definition) is 1. The van der Waals surface area contributed by atoms with Crippen LogP contribution in [0.2, 0.25) is 0 Å². The van der Waals surface area contributed by atoms with E-state index < -0.39 is 0 Å². The zero-order chi connectivity index (χ0) is 15.7. The molecule has 0 saturated carbocycles. The van der Waals surface area contributed by atoms with Gasteiger partial charge in [0, 0.05) is 43.2 Å². The molecule has 4 nitrogen and oxygen atoms in total. The second-order valence-corrected chi connectivity index (χ2v) is 7.28. The molecule has 0 atom stereocenters. The third-order valence-electron chi connectivity index (χ3n) is 4.34. The summed E-state index contributed by atoms with van der Waals surface area (Å²) >= 11 is 1.35. The predicted molar refractivity (Wildman–Crippen MR) is 92.6 cm³/mol. The number of nitrogens with zero attached hydrogens (tertiary/aromatic N) is 2. The van der Waals surface area contributed by atoms with Crippen molar-refractivity contribution in [2.75, 3.05) is 33.2 Å². The lowest BCUT2D eigenvalue weighted by Gasteiger charge is -2.32. The smallest absolute Gasteiger partial charge is 0.305 e. The Balaban J connectivity index is 1.88. The van der Waals surface area contributed by atoms with E-state index in [4.69, 9.17) is 0 Å². The molecule has 0 amide bonds. The fourth-order valence-electron chi connectivity index (χ4n) is 2.99. The minimum absolute atomic E-state index is 0.0408. The van der Waals surface area contributed by atoms with E-state index in [-0.39, 0.29) is 4.87 Å². The van der Waals surface area contributed by atoms with Gasteiger partial charge in [0.1, 0.15) is 0 Å². The first-order valence-electron chi connectivity index (χ1n) is 7.73. The van der Waals surface area contributed by atoms with Gasteiger partial charge in [-0.1, -0.05) is 35.1 Å². The summed E-state index contributed by atoms with van der Waals surface area (Å²) in [6.45, 7) is 9.39. The maximum Gasteiger partial charge on any atom is 0.305 e. The summed E-state index contributed by atoms with van der Waals surface area (Å²) in [6.07, 6.45) is 0. The van der Waals surface area contributed by atoms with Crippen molar-refractivity contribution in [1.82, 2.24) is 14.8 Å². The van der Waals surface area contributed by atoms with Gasteiger partial charge in [0.2, 0.25) is 0 Å². The van der Waals surface area contributed by atoms with Gasteiger partial charge in [0.05, 0.1) is 5.69 Å². The van der Waals surface area contributed by atoms with Crippen LogP contribution in [0.15, 0.2) is 23.0 Å². The van der Waals surface area contributed by atoms with Gasteiger partial charge in [-0.3, -0.25) is 9.69 Å². The third kappa shape index (κ3) is 3.32. The van der Waals surface area contributed by atoms with Gasteiger partial charge >= 0.3 is 4.87 Å². The van der Waals surface area contributed by atoms with E-state index in [0.717, 1.165) is 48.9 Å². The first-order chi connectivity index (χ1) is 10.5. The predicted octanol–water partition coefficient (Wildman–Crippen LogP) is 2.47. The molecular weight excluding hydrogens is 294 g/mol. The van der Waals surface area contributed by atoms with Crippen molar-refractivity contribution in [2.45, 2.75) is 20.4 Å². The Morgan fingerprint density at radius 1 is 1.18 bits per heavy atom. The fourth-order valence-corrected chi connectivity index (χ4v) is 3.88. The molecule has 0 radical (unpaired) electrons. The molecule has 1 aliphatic heterocycles. The highest BCUT2D eigenvalue weighted by Gasteiger charge is 2.18. The SMILES string of the molecule is Cc1ccc(-c2[nH]c(=O)sc2CN2CCN(C)CC2)c(C)c1. The topological polar surface area (TPSA) is 39.3 Å². The average molecular weight is 317 g/mol. The van der Waals surface area contributed by atoms with Crippen LogP contribution in [-0.4, -0.2) is 48.0 Å². The van der Waals surface area contributed by atoms with Crippen molar-refractivity contribution in [3.8, 4) is 11.3 Å². The molecule has 1 aromatic carbocycles. The number of thiazole rings is 1. The van der Waals surface area contributed by atoms with Crippen LogP contribution in [0.3, 0.4) is 0 Å². The Morgan fingerprint density at radius 2 is 1.91 bits per heavy atom. The lowest BCUT2D eigenvalue weighted by molar-refractivity contribution is 0.149. The summed E-state index contributed by atoms with van der Waals surface area (Å²) in [7, 11) is 2.16. The quantitative estimate of drug-likeness (QED) is 0.945. The lowest BCUT2D eigenvalue weighted by Crippen LogP contribution is -2.43. The molecular formula is C17H23N3OS. The van der Waals surface area contributed by atoms with Gasteiger partial charge in [-0.05, 0) is 26.5 Å². The Hall–Kier alpha value is -1.43. The highest BCUT2D eigenvalue weighted by atomic mass is 32.1. The van der Waals surface area contributed by atoms with E-state index in [1.807, 2.05) is 0 Å². The van der Waals surface area contributed by atoms with Crippen LogP contribution in [0.5, 0.6) is 0 Å². The average Bonchev–Trinajstić information content (AvgIpc) is 2.82. The number of likely N-dealkylation sites (N-methyl/N-ethyl adjacent to an activating group) is 1. The minimum atomic E-state index is 0.0408. The van der Waals surface area contributed by atoms with Crippen LogP contribution in [0, 0.1) is 13.8 Å². The van der Waals surface area contributed by atoms with Crippen LogP contribution in [0.4, 0.5) is 0 Å². The molecule has 1 fully saturated rings. The van der Waals surface area contributed by atoms with Crippen LogP contribution in [0.1, 0.15) is 16.0 Å². The molecule has 2 heterocycles. The third-order valence-corrected chi connectivity index (χ3v) is 5.20. The van der Waals surface area contributed by atoms with Crippen molar-refractivity contribution in [2.24, 2.45) is 0 Å². The van der Waals surface area contributed by atoms with E-state index in [9.17, 15) is 4.79 Å². The molecule has 1 aromatic heterocycles. The number of H-pyrrole nitrogens is 1. The molecule has 1 N–H and O–H groups in total. The number of aromatic amines is 1. The summed E-state index contributed by atoms with van der Waals surface area (Å²) in [5, 5.41) is 0. The molecule has 2 aromatic rings. The van der Waals surface area contributed by atoms with Gasteiger partial charge in [0.25, 0.3) is 0 Å². The summed E-state index contributed by atoms with van der Waals surface area (Å²) in [6, 6.07) is 6.40. The summed E-state index contributed by atoms with van der Waals surface area (Å²) < 4.78 is 0. The van der Waals surface area contributed by atoms with E-state index in [0.29, 0.717) is 0 Å². The maximum absolute atomic E-state index is 11.9. The molecule has 1 saturated heterocycles. The highest BCUT2D eigenvalue weighted by Crippen LogP contribution is 2.28. The van der Waals surface area contributed by atoms with Crippen molar-refractivity contribution in [3.05, 3.63) is 43.9 Å². The maximum atomic E-state index is 11.9. The van der Waals surface area contributed by atoms with Crippen LogP contribution in [-0.2, 0) is 6.54 Å². The monoisotopic (exact) mass is 317 g/mol. The van der Waals surface area contributed by atoms with Crippen LogP contribution in [0.25, 0.3) is 11.3 Å². The number of piperazine rings is 1. The normalized spacial score (nSPS) is 17.0. The van der Waals surface area contributed by atoms with Gasteiger partial charge in [-0.15, -0.1) is 0 Å². The summed E-state index contributed by atoms with van der Waals surface area (Å²) in [4.78, 5) is 20.9. The molecule has 0 bridgehead atoms. The second kappa shape index (κ2) is 6.36. The zero-order valence-electron chi connectivity index (χ0n) is 13.5. The molecule has 0 unspecified atom stereocenters. The van der Waals surface area contributed by atoms with Crippen molar-refractivity contribution in [3.63, 3.8) is 0 Å². The van der Waals surface area contributed by atoms with E-state index in [1.54, 1.807) is 0 Å². The fraction of sp³-hybridized carbons (Fsp3) is 0.471. The first-order valence-corrected chi connectivity index (χ1v) is 8.55. The first kappa shape index (κ1) is 15.5. The second-order valence-electron chi connectivity index (χ2n) is 6.21. The Bertz CT molecular complexity index is 711. The van der Waals surface area contributed by atoms with Gasteiger partial charge in [-0.2, -0.15) is 0 Å². The Morgan fingerprint density at radius 3 is 2.59 bits per heavy atom. The summed E-state index contributed by atoms with van der Waals surface area (Å²) in [5.41, 5.74) is 4.62. The molecule has 3 rings (SSSR count). The van der Waals surface area contributed by atoms with Crippen molar-refractivity contribution < 1.29 is 0 Å². The number of hydrogen-bond acceptors (Lipinski definition) is 4.